The molecular weight excluding hydrogens is 227 g/mol. The molecule has 0 radical (unpaired) electrons. The average Bonchev–Trinajstić information content (AvgIpc) is 2.66. The van der Waals surface area contributed by atoms with Gasteiger partial charge in [0.1, 0.15) is 5.82 Å². The fourth-order valence-electron chi connectivity index (χ4n) is 2.80. The number of halogens is 1. The van der Waals surface area contributed by atoms with E-state index in [9.17, 15) is 4.39 Å². The van der Waals surface area contributed by atoms with E-state index in [2.05, 4.69) is 31.0 Å². The molecular formula is C15H23FN2. The van der Waals surface area contributed by atoms with Crippen LogP contribution in [0, 0.1) is 11.7 Å². The van der Waals surface area contributed by atoms with Crippen LogP contribution in [0.4, 0.5) is 10.1 Å². The van der Waals surface area contributed by atoms with Crippen LogP contribution in [0.25, 0.3) is 0 Å². The van der Waals surface area contributed by atoms with E-state index in [-0.39, 0.29) is 5.82 Å². The first-order valence-electron chi connectivity index (χ1n) is 6.87. The van der Waals surface area contributed by atoms with E-state index in [1.165, 1.54) is 0 Å². The van der Waals surface area contributed by atoms with Gasteiger partial charge in [-0.3, -0.25) is 0 Å². The van der Waals surface area contributed by atoms with E-state index in [1.807, 2.05) is 12.1 Å². The van der Waals surface area contributed by atoms with Crippen LogP contribution < -0.4 is 10.2 Å². The van der Waals surface area contributed by atoms with Crippen molar-refractivity contribution in [1.82, 2.24) is 5.32 Å². The minimum Gasteiger partial charge on any atom is -0.366 e. The predicted molar refractivity (Wildman–Crippen MR) is 74.4 cm³/mol. The van der Waals surface area contributed by atoms with E-state index in [4.69, 9.17) is 0 Å². The van der Waals surface area contributed by atoms with Crippen molar-refractivity contribution in [2.75, 3.05) is 18.0 Å². The molecule has 1 N–H and O–H groups in total. The zero-order chi connectivity index (χ0) is 13.1. The molecule has 0 aromatic heterocycles. The number of nitrogens with zero attached hydrogens (tertiary/aromatic N) is 1. The van der Waals surface area contributed by atoms with Crippen molar-refractivity contribution in [3.05, 3.63) is 29.6 Å². The van der Waals surface area contributed by atoms with Gasteiger partial charge in [-0.1, -0.05) is 19.9 Å². The molecule has 100 valence electrons. The molecule has 18 heavy (non-hydrogen) atoms. The van der Waals surface area contributed by atoms with Crippen LogP contribution in [0.15, 0.2) is 18.2 Å². The zero-order valence-corrected chi connectivity index (χ0v) is 11.5. The van der Waals surface area contributed by atoms with Gasteiger partial charge in [-0.05, 0) is 43.5 Å². The molecule has 1 aromatic rings. The highest BCUT2D eigenvalue weighted by Crippen LogP contribution is 2.30. The molecule has 1 heterocycles. The molecule has 2 rings (SSSR count). The Morgan fingerprint density at radius 1 is 1.39 bits per heavy atom. The van der Waals surface area contributed by atoms with Crippen molar-refractivity contribution in [2.45, 2.75) is 39.8 Å². The number of hydrogen-bond acceptors (Lipinski definition) is 2. The lowest BCUT2D eigenvalue weighted by atomic mass is 10.1. The molecule has 2 atom stereocenters. The van der Waals surface area contributed by atoms with Gasteiger partial charge in [-0.15, -0.1) is 0 Å². The topological polar surface area (TPSA) is 15.3 Å². The number of nitrogens with one attached hydrogen (secondary N) is 1. The molecule has 1 aromatic carbocycles. The van der Waals surface area contributed by atoms with Crippen LogP contribution in [0.1, 0.15) is 32.8 Å². The van der Waals surface area contributed by atoms with Gasteiger partial charge in [0.15, 0.2) is 0 Å². The van der Waals surface area contributed by atoms with E-state index in [0.717, 1.165) is 37.3 Å². The SMILES string of the molecule is CCNCc1ccc(N2CC(C)CC2C)c(F)c1. The van der Waals surface area contributed by atoms with E-state index < -0.39 is 0 Å². The number of rotatable bonds is 4. The summed E-state index contributed by atoms with van der Waals surface area (Å²) in [4.78, 5) is 2.19. The number of anilines is 1. The van der Waals surface area contributed by atoms with E-state index >= 15 is 0 Å². The van der Waals surface area contributed by atoms with Crippen LogP contribution >= 0.6 is 0 Å². The second kappa shape index (κ2) is 5.70. The normalized spacial score (nSPS) is 23.7. The predicted octanol–water partition coefficient (Wildman–Crippen LogP) is 3.17. The summed E-state index contributed by atoms with van der Waals surface area (Å²) in [6.45, 7) is 9.07. The molecule has 1 saturated heterocycles. The van der Waals surface area contributed by atoms with Crippen molar-refractivity contribution in [2.24, 2.45) is 5.92 Å². The summed E-state index contributed by atoms with van der Waals surface area (Å²) in [5, 5.41) is 3.22. The Hall–Kier alpha value is -1.09. The van der Waals surface area contributed by atoms with Crippen molar-refractivity contribution in [3.8, 4) is 0 Å². The minimum absolute atomic E-state index is 0.0913. The average molecular weight is 250 g/mol. The summed E-state index contributed by atoms with van der Waals surface area (Å²) in [5.74, 6) is 0.562. The molecule has 2 nitrogen and oxygen atoms in total. The Bertz CT molecular complexity index is 405. The van der Waals surface area contributed by atoms with Crippen LogP contribution in [0.3, 0.4) is 0 Å². The van der Waals surface area contributed by atoms with E-state index in [0.29, 0.717) is 12.0 Å². The summed E-state index contributed by atoms with van der Waals surface area (Å²) < 4.78 is 14.2. The lowest BCUT2D eigenvalue weighted by Crippen LogP contribution is -2.27. The summed E-state index contributed by atoms with van der Waals surface area (Å²) in [7, 11) is 0. The van der Waals surface area contributed by atoms with Crippen LogP contribution in [0.2, 0.25) is 0 Å². The second-order valence-corrected chi connectivity index (χ2v) is 5.41. The second-order valence-electron chi connectivity index (χ2n) is 5.41. The quantitative estimate of drug-likeness (QED) is 0.883. The van der Waals surface area contributed by atoms with Gasteiger partial charge in [0.05, 0.1) is 5.69 Å². The first-order valence-corrected chi connectivity index (χ1v) is 6.87. The summed E-state index contributed by atoms with van der Waals surface area (Å²) >= 11 is 0. The fourth-order valence-corrected chi connectivity index (χ4v) is 2.80. The first-order chi connectivity index (χ1) is 8.61. The fraction of sp³-hybridized carbons (Fsp3) is 0.600. The molecule has 1 aliphatic rings. The summed E-state index contributed by atoms with van der Waals surface area (Å²) in [6.07, 6.45) is 1.15. The Labute approximate surface area is 109 Å². The number of benzene rings is 1. The summed E-state index contributed by atoms with van der Waals surface area (Å²) in [6, 6.07) is 6.05. The van der Waals surface area contributed by atoms with Gasteiger partial charge in [-0.2, -0.15) is 0 Å². The highest BCUT2D eigenvalue weighted by atomic mass is 19.1. The molecule has 1 aliphatic heterocycles. The van der Waals surface area contributed by atoms with E-state index in [1.54, 1.807) is 6.07 Å². The van der Waals surface area contributed by atoms with Gasteiger partial charge >= 0.3 is 0 Å². The third kappa shape index (κ3) is 2.83. The molecule has 0 aliphatic carbocycles. The van der Waals surface area contributed by atoms with Gasteiger partial charge in [-0.25, -0.2) is 4.39 Å². The van der Waals surface area contributed by atoms with Gasteiger partial charge in [0.25, 0.3) is 0 Å². The third-order valence-corrected chi connectivity index (χ3v) is 3.68. The lowest BCUT2D eigenvalue weighted by molar-refractivity contribution is 0.608. The Morgan fingerprint density at radius 2 is 2.17 bits per heavy atom. The highest BCUT2D eigenvalue weighted by molar-refractivity contribution is 5.51. The van der Waals surface area contributed by atoms with Gasteiger partial charge in [0, 0.05) is 19.1 Å². The number of hydrogen-bond donors (Lipinski definition) is 1. The molecule has 0 saturated carbocycles. The van der Waals surface area contributed by atoms with Crippen LogP contribution in [0.5, 0.6) is 0 Å². The molecule has 0 amide bonds. The van der Waals surface area contributed by atoms with Crippen molar-refractivity contribution < 1.29 is 4.39 Å². The van der Waals surface area contributed by atoms with Gasteiger partial charge < -0.3 is 10.2 Å². The van der Waals surface area contributed by atoms with Crippen LogP contribution in [-0.2, 0) is 6.54 Å². The maximum Gasteiger partial charge on any atom is 0.146 e. The highest BCUT2D eigenvalue weighted by Gasteiger charge is 2.27. The molecule has 3 heteroatoms. The Balaban J connectivity index is 2.14. The minimum atomic E-state index is -0.0913. The monoisotopic (exact) mass is 250 g/mol. The summed E-state index contributed by atoms with van der Waals surface area (Å²) in [5.41, 5.74) is 1.77. The molecule has 2 unspecified atom stereocenters. The smallest absolute Gasteiger partial charge is 0.146 e. The van der Waals surface area contributed by atoms with Crippen molar-refractivity contribution in [1.29, 1.82) is 0 Å². The Morgan fingerprint density at radius 3 is 2.72 bits per heavy atom. The first kappa shape index (κ1) is 13.3. The van der Waals surface area contributed by atoms with Gasteiger partial charge in [0.2, 0.25) is 0 Å². The Kier molecular flexibility index (Phi) is 4.23. The molecule has 0 bridgehead atoms. The van der Waals surface area contributed by atoms with Crippen molar-refractivity contribution >= 4 is 5.69 Å². The molecule has 0 spiro atoms. The maximum absolute atomic E-state index is 14.2. The van der Waals surface area contributed by atoms with Crippen LogP contribution in [-0.4, -0.2) is 19.1 Å². The standard InChI is InChI=1S/C15H23FN2/c1-4-17-9-13-5-6-15(14(16)8-13)18-10-11(2)7-12(18)3/h5-6,8,11-12,17H,4,7,9-10H2,1-3H3. The van der Waals surface area contributed by atoms with Crippen molar-refractivity contribution in [3.63, 3.8) is 0 Å². The largest absolute Gasteiger partial charge is 0.366 e. The maximum atomic E-state index is 14.2. The zero-order valence-electron chi connectivity index (χ0n) is 11.5. The molecule has 1 fully saturated rings. The lowest BCUT2D eigenvalue weighted by Gasteiger charge is -2.24. The third-order valence-electron chi connectivity index (χ3n) is 3.68.